The third kappa shape index (κ3) is 10.3. The number of rotatable bonds is 16. The highest BCUT2D eigenvalue weighted by molar-refractivity contribution is 6.37. The summed E-state index contributed by atoms with van der Waals surface area (Å²) in [5, 5.41) is 13.4. The minimum absolute atomic E-state index is 0.122. The summed E-state index contributed by atoms with van der Waals surface area (Å²) in [5.74, 6) is 0.0487. The van der Waals surface area contributed by atoms with Gasteiger partial charge in [0.15, 0.2) is 11.9 Å². The van der Waals surface area contributed by atoms with E-state index in [1.54, 1.807) is 13.8 Å². The molecule has 1 amide bonds. The predicted molar refractivity (Wildman–Crippen MR) is 148 cm³/mol. The van der Waals surface area contributed by atoms with Gasteiger partial charge in [0, 0.05) is 5.02 Å². The van der Waals surface area contributed by atoms with Gasteiger partial charge in [-0.25, -0.2) is 0 Å². The number of anilines is 1. The second-order valence-corrected chi connectivity index (χ2v) is 10.2. The number of carbonyl (C=O) groups is 1. The summed E-state index contributed by atoms with van der Waals surface area (Å²) < 4.78 is 5.86. The monoisotopic (exact) mass is 521 g/mol. The summed E-state index contributed by atoms with van der Waals surface area (Å²) in [4.78, 5) is 12.6. The molecule has 6 heteroatoms. The number of benzene rings is 2. The number of aromatic hydroxyl groups is 1. The van der Waals surface area contributed by atoms with Gasteiger partial charge in [-0.15, -0.1) is 0 Å². The van der Waals surface area contributed by atoms with Crippen molar-refractivity contribution >= 4 is 34.8 Å². The molecule has 2 aromatic carbocycles. The zero-order chi connectivity index (χ0) is 25.6. The zero-order valence-electron chi connectivity index (χ0n) is 21.5. The molecular formula is C29H41Cl2NO3. The lowest BCUT2D eigenvalue weighted by molar-refractivity contribution is -0.122. The van der Waals surface area contributed by atoms with E-state index in [1.807, 2.05) is 18.2 Å². The Morgan fingerprint density at radius 1 is 0.971 bits per heavy atom. The van der Waals surface area contributed by atoms with Crippen LogP contribution in [-0.2, 0) is 11.2 Å². The van der Waals surface area contributed by atoms with Crippen molar-refractivity contribution in [3.05, 3.63) is 51.5 Å². The Labute approximate surface area is 221 Å². The summed E-state index contributed by atoms with van der Waals surface area (Å²) >= 11 is 12.2. The van der Waals surface area contributed by atoms with Crippen LogP contribution in [0.25, 0.3) is 0 Å². The number of amides is 1. The molecule has 194 valence electrons. The van der Waals surface area contributed by atoms with Crippen LogP contribution in [0.1, 0.15) is 95.6 Å². The lowest BCUT2D eigenvalue weighted by atomic mass is 10.0. The van der Waals surface area contributed by atoms with Gasteiger partial charge in [-0.2, -0.15) is 0 Å². The Balaban J connectivity index is 1.72. The van der Waals surface area contributed by atoms with E-state index in [2.05, 4.69) is 18.3 Å². The Bertz CT molecular complexity index is 932. The van der Waals surface area contributed by atoms with Crippen LogP contribution in [0.5, 0.6) is 11.5 Å². The van der Waals surface area contributed by atoms with Crippen molar-refractivity contribution in [2.45, 2.75) is 104 Å². The number of ether oxygens (including phenoxy) is 1. The van der Waals surface area contributed by atoms with E-state index in [9.17, 15) is 9.90 Å². The molecule has 1 atom stereocenters. The highest BCUT2D eigenvalue weighted by Crippen LogP contribution is 2.38. The molecule has 0 bridgehead atoms. The van der Waals surface area contributed by atoms with Gasteiger partial charge in [-0.3, -0.25) is 4.79 Å². The number of halogens is 2. The Hall–Kier alpha value is -1.91. The minimum atomic E-state index is -0.759. The molecule has 0 aliphatic rings. The highest BCUT2D eigenvalue weighted by Gasteiger charge is 2.19. The van der Waals surface area contributed by atoms with Crippen molar-refractivity contribution in [1.82, 2.24) is 0 Å². The number of phenolic OH excluding ortho intramolecular Hbond substituents is 1. The Morgan fingerprint density at radius 2 is 1.57 bits per heavy atom. The first-order chi connectivity index (χ1) is 16.8. The average molecular weight is 523 g/mol. The van der Waals surface area contributed by atoms with Crippen LogP contribution < -0.4 is 10.1 Å². The zero-order valence-corrected chi connectivity index (χ0v) is 23.0. The van der Waals surface area contributed by atoms with Gasteiger partial charge in [-0.1, -0.05) is 106 Å². The van der Waals surface area contributed by atoms with E-state index in [0.717, 1.165) is 12.8 Å². The molecule has 0 aliphatic carbocycles. The maximum atomic E-state index is 12.6. The van der Waals surface area contributed by atoms with Gasteiger partial charge in [0.1, 0.15) is 5.75 Å². The van der Waals surface area contributed by atoms with Crippen molar-refractivity contribution in [1.29, 1.82) is 0 Å². The van der Waals surface area contributed by atoms with Gasteiger partial charge in [-0.05, 0) is 56.0 Å². The minimum Gasteiger partial charge on any atom is -0.504 e. The maximum Gasteiger partial charge on any atom is 0.265 e. The fourth-order valence-corrected chi connectivity index (χ4v) is 4.51. The number of carbonyl (C=O) groups excluding carboxylic acids is 1. The molecule has 2 aromatic rings. The number of nitrogens with one attached hydrogen (secondary N) is 1. The SMILES string of the molecule is CCCCCCCCCCCCCc1cccc(OC(C)C(=O)Nc2cc(Cl)c(C)c(Cl)c2O)c1. The Kier molecular flexibility index (Phi) is 13.4. The fraction of sp³-hybridized carbons (Fsp3) is 0.552. The van der Waals surface area contributed by atoms with E-state index >= 15 is 0 Å². The van der Waals surface area contributed by atoms with Gasteiger partial charge in [0.25, 0.3) is 5.91 Å². The number of hydrogen-bond donors (Lipinski definition) is 2. The van der Waals surface area contributed by atoms with Crippen molar-refractivity contribution in [2.75, 3.05) is 5.32 Å². The summed E-state index contributed by atoms with van der Waals surface area (Å²) in [5.41, 5.74) is 1.93. The third-order valence-corrected chi connectivity index (χ3v) is 7.18. The summed E-state index contributed by atoms with van der Waals surface area (Å²) in [6.07, 6.45) is 14.9. The number of unbranched alkanes of at least 4 members (excludes halogenated alkanes) is 10. The van der Waals surface area contributed by atoms with Crippen molar-refractivity contribution < 1.29 is 14.6 Å². The van der Waals surface area contributed by atoms with E-state index in [0.29, 0.717) is 16.3 Å². The lowest BCUT2D eigenvalue weighted by Gasteiger charge is -2.17. The molecule has 0 heterocycles. The Morgan fingerprint density at radius 3 is 2.20 bits per heavy atom. The first-order valence-electron chi connectivity index (χ1n) is 13.1. The average Bonchev–Trinajstić information content (AvgIpc) is 2.84. The summed E-state index contributed by atoms with van der Waals surface area (Å²) in [6.45, 7) is 5.63. The maximum absolute atomic E-state index is 12.6. The van der Waals surface area contributed by atoms with E-state index < -0.39 is 12.0 Å². The van der Waals surface area contributed by atoms with Gasteiger partial charge in [0.2, 0.25) is 0 Å². The summed E-state index contributed by atoms with van der Waals surface area (Å²) in [6, 6.07) is 9.39. The molecule has 2 N–H and O–H groups in total. The molecule has 4 nitrogen and oxygen atoms in total. The first kappa shape index (κ1) is 29.3. The predicted octanol–water partition coefficient (Wildman–Crippen LogP) is 9.27. The quantitative estimate of drug-likeness (QED) is 0.171. The molecule has 0 saturated heterocycles. The molecule has 2 rings (SSSR count). The molecular weight excluding hydrogens is 481 g/mol. The second-order valence-electron chi connectivity index (χ2n) is 9.38. The molecule has 35 heavy (non-hydrogen) atoms. The molecule has 0 saturated carbocycles. The second kappa shape index (κ2) is 16.0. The van der Waals surface area contributed by atoms with Crippen LogP contribution in [0, 0.1) is 6.92 Å². The molecule has 0 aromatic heterocycles. The molecule has 0 radical (unpaired) electrons. The van der Waals surface area contributed by atoms with Gasteiger partial charge in [0.05, 0.1) is 10.7 Å². The fourth-order valence-electron chi connectivity index (χ4n) is 4.06. The number of hydrogen-bond acceptors (Lipinski definition) is 3. The van der Waals surface area contributed by atoms with Crippen molar-refractivity contribution in [3.8, 4) is 11.5 Å². The first-order valence-corrected chi connectivity index (χ1v) is 13.8. The van der Waals surface area contributed by atoms with Crippen LogP contribution in [0.2, 0.25) is 10.0 Å². The lowest BCUT2D eigenvalue weighted by Crippen LogP contribution is -2.30. The van der Waals surface area contributed by atoms with E-state index in [1.165, 1.54) is 75.8 Å². The normalized spacial score (nSPS) is 11.9. The van der Waals surface area contributed by atoms with Crippen LogP contribution in [-0.4, -0.2) is 17.1 Å². The van der Waals surface area contributed by atoms with Gasteiger partial charge >= 0.3 is 0 Å². The van der Waals surface area contributed by atoms with Crippen LogP contribution in [0.4, 0.5) is 5.69 Å². The highest BCUT2D eigenvalue weighted by atomic mass is 35.5. The largest absolute Gasteiger partial charge is 0.504 e. The number of aryl methyl sites for hydroxylation is 1. The van der Waals surface area contributed by atoms with Crippen molar-refractivity contribution in [3.63, 3.8) is 0 Å². The number of phenols is 1. The van der Waals surface area contributed by atoms with Gasteiger partial charge < -0.3 is 15.2 Å². The van der Waals surface area contributed by atoms with E-state index in [-0.39, 0.29) is 16.5 Å². The topological polar surface area (TPSA) is 58.6 Å². The van der Waals surface area contributed by atoms with E-state index in [4.69, 9.17) is 27.9 Å². The smallest absolute Gasteiger partial charge is 0.265 e. The molecule has 1 unspecified atom stereocenters. The molecule has 0 aliphatic heterocycles. The molecule has 0 fully saturated rings. The van der Waals surface area contributed by atoms with Crippen LogP contribution in [0.3, 0.4) is 0 Å². The standard InChI is InChI=1S/C29H41Cl2NO3/c1-4-5-6-7-8-9-10-11-12-13-14-16-23-17-15-18-24(19-23)35-22(3)29(34)32-26-20-25(30)21(2)27(31)28(26)33/h15,17-20,22,33H,4-14,16H2,1-3H3,(H,32,34). The van der Waals surface area contributed by atoms with Crippen molar-refractivity contribution in [2.24, 2.45) is 0 Å². The summed E-state index contributed by atoms with van der Waals surface area (Å²) in [7, 11) is 0. The third-order valence-electron chi connectivity index (χ3n) is 6.33. The van der Waals surface area contributed by atoms with Crippen LogP contribution >= 0.6 is 23.2 Å². The molecule has 0 spiro atoms. The van der Waals surface area contributed by atoms with Crippen LogP contribution in [0.15, 0.2) is 30.3 Å².